The summed E-state index contributed by atoms with van der Waals surface area (Å²) < 4.78 is 3.74. The van der Waals surface area contributed by atoms with Crippen molar-refractivity contribution in [1.29, 1.82) is 0 Å². The molecule has 1 aromatic rings. The first-order valence-corrected chi connectivity index (χ1v) is 3.83. The van der Waals surface area contributed by atoms with Gasteiger partial charge in [0, 0.05) is 17.1 Å². The van der Waals surface area contributed by atoms with Gasteiger partial charge in [-0.25, -0.2) is 4.37 Å². The van der Waals surface area contributed by atoms with Gasteiger partial charge in [-0.2, -0.15) is 0 Å². The Kier molecular flexibility index (Phi) is 2.56. The van der Waals surface area contributed by atoms with Gasteiger partial charge in [-0.15, -0.1) is 0 Å². The molecule has 1 rings (SSSR count). The highest BCUT2D eigenvalue weighted by Crippen LogP contribution is 2.16. The summed E-state index contributed by atoms with van der Waals surface area (Å²) in [6, 6.07) is 0. The van der Waals surface area contributed by atoms with E-state index in [1.165, 1.54) is 17.7 Å². The van der Waals surface area contributed by atoms with Crippen molar-refractivity contribution in [2.24, 2.45) is 0 Å². The summed E-state index contributed by atoms with van der Waals surface area (Å²) in [7, 11) is 0. The maximum absolute atomic E-state index is 10.1. The van der Waals surface area contributed by atoms with Crippen LogP contribution in [0.1, 0.15) is 18.1 Å². The fourth-order valence-corrected chi connectivity index (χ4v) is 1.24. The van der Waals surface area contributed by atoms with E-state index in [0.717, 1.165) is 0 Å². The first-order chi connectivity index (χ1) is 5.20. The molecule has 0 aliphatic heterocycles. The van der Waals surface area contributed by atoms with E-state index < -0.39 is 12.1 Å². The molecule has 0 aliphatic carbocycles. The maximum Gasteiger partial charge on any atom is 0.306 e. The second kappa shape index (κ2) is 3.45. The Bertz CT molecular complexity index is 234. The van der Waals surface area contributed by atoms with Crippen LogP contribution >= 0.6 is 11.5 Å². The van der Waals surface area contributed by atoms with Gasteiger partial charge in [-0.3, -0.25) is 4.79 Å². The second-order valence-electron chi connectivity index (χ2n) is 2.07. The molecule has 0 spiro atoms. The van der Waals surface area contributed by atoms with Crippen LogP contribution in [0.15, 0.2) is 11.6 Å². The van der Waals surface area contributed by atoms with Crippen molar-refractivity contribution < 1.29 is 15.0 Å². The third-order valence-corrected chi connectivity index (χ3v) is 1.81. The number of hydrogen-bond acceptors (Lipinski definition) is 4. The molecule has 0 saturated heterocycles. The molecule has 11 heavy (non-hydrogen) atoms. The Labute approximate surface area is 67.3 Å². The minimum Gasteiger partial charge on any atom is -0.481 e. The van der Waals surface area contributed by atoms with E-state index >= 15 is 0 Å². The van der Waals surface area contributed by atoms with Crippen molar-refractivity contribution in [2.45, 2.75) is 12.5 Å². The molecule has 1 unspecified atom stereocenters. The zero-order valence-electron chi connectivity index (χ0n) is 5.60. The first-order valence-electron chi connectivity index (χ1n) is 2.99. The number of carbonyl (C=O) groups is 1. The molecule has 0 aromatic carbocycles. The summed E-state index contributed by atoms with van der Waals surface area (Å²) in [6.45, 7) is 0. The molecule has 0 radical (unpaired) electrons. The van der Waals surface area contributed by atoms with Crippen molar-refractivity contribution in [3.63, 3.8) is 0 Å². The van der Waals surface area contributed by atoms with Gasteiger partial charge in [0.25, 0.3) is 0 Å². The van der Waals surface area contributed by atoms with Crippen molar-refractivity contribution >= 4 is 17.5 Å². The predicted octanol–water partition coefficient (Wildman–Crippen LogP) is 0.651. The summed E-state index contributed by atoms with van der Waals surface area (Å²) in [6.07, 6.45) is 0.280. The molecule has 2 N–H and O–H groups in total. The molecule has 4 nitrogen and oxygen atoms in total. The van der Waals surface area contributed by atoms with E-state index in [0.29, 0.717) is 5.56 Å². The Morgan fingerprint density at radius 2 is 2.55 bits per heavy atom. The number of carboxylic acid groups (broad SMARTS) is 1. The van der Waals surface area contributed by atoms with Crippen molar-refractivity contribution in [3.05, 3.63) is 17.1 Å². The summed E-state index contributed by atoms with van der Waals surface area (Å²) >= 11 is 1.19. The molecule has 60 valence electrons. The van der Waals surface area contributed by atoms with Gasteiger partial charge in [-0.1, -0.05) is 0 Å². The van der Waals surface area contributed by atoms with Crippen LogP contribution < -0.4 is 0 Å². The Balaban J connectivity index is 2.56. The Hall–Kier alpha value is -0.940. The van der Waals surface area contributed by atoms with Crippen LogP contribution in [0.3, 0.4) is 0 Å². The Morgan fingerprint density at radius 3 is 3.00 bits per heavy atom. The first kappa shape index (κ1) is 8.16. The molecular formula is C6H7NO3S. The molecule has 0 amide bonds. The largest absolute Gasteiger partial charge is 0.481 e. The highest BCUT2D eigenvalue weighted by atomic mass is 32.1. The van der Waals surface area contributed by atoms with Gasteiger partial charge >= 0.3 is 5.97 Å². The van der Waals surface area contributed by atoms with Crippen LogP contribution in [0.4, 0.5) is 0 Å². The SMILES string of the molecule is O=C(O)CC(O)c1cnsc1. The molecule has 0 bridgehead atoms. The monoisotopic (exact) mass is 173 g/mol. The van der Waals surface area contributed by atoms with Gasteiger partial charge < -0.3 is 10.2 Å². The van der Waals surface area contributed by atoms with Crippen LogP contribution in [0, 0.1) is 0 Å². The lowest BCUT2D eigenvalue weighted by Gasteiger charge is -2.02. The smallest absolute Gasteiger partial charge is 0.306 e. The predicted molar refractivity (Wildman–Crippen MR) is 39.3 cm³/mol. The topological polar surface area (TPSA) is 70.4 Å². The van der Waals surface area contributed by atoms with Crippen LogP contribution in [0.25, 0.3) is 0 Å². The summed E-state index contributed by atoms with van der Waals surface area (Å²) in [5.41, 5.74) is 0.567. The highest BCUT2D eigenvalue weighted by molar-refractivity contribution is 7.03. The molecule has 0 fully saturated rings. The molecular weight excluding hydrogens is 166 g/mol. The average molecular weight is 173 g/mol. The second-order valence-corrected chi connectivity index (χ2v) is 2.73. The number of carboxylic acids is 1. The van der Waals surface area contributed by atoms with E-state index in [2.05, 4.69) is 4.37 Å². The van der Waals surface area contributed by atoms with Crippen molar-refractivity contribution in [1.82, 2.24) is 4.37 Å². The lowest BCUT2D eigenvalue weighted by atomic mass is 10.1. The van der Waals surface area contributed by atoms with Crippen LogP contribution in [0.2, 0.25) is 0 Å². The third-order valence-electron chi connectivity index (χ3n) is 1.20. The number of nitrogens with zero attached hydrogens (tertiary/aromatic N) is 1. The molecule has 0 aliphatic rings. The maximum atomic E-state index is 10.1. The van der Waals surface area contributed by atoms with Crippen LogP contribution in [-0.2, 0) is 4.79 Å². The fourth-order valence-electron chi connectivity index (χ4n) is 0.661. The minimum absolute atomic E-state index is 0.265. The number of aliphatic carboxylic acids is 1. The van der Waals surface area contributed by atoms with E-state index in [-0.39, 0.29) is 6.42 Å². The van der Waals surface area contributed by atoms with E-state index in [9.17, 15) is 4.79 Å². The summed E-state index contributed by atoms with van der Waals surface area (Å²) in [5, 5.41) is 19.1. The standard InChI is InChI=1S/C6H7NO3S/c8-5(1-6(9)10)4-2-7-11-3-4/h2-3,5,8H,1H2,(H,9,10). The number of aliphatic hydroxyl groups excluding tert-OH is 1. The number of rotatable bonds is 3. The van der Waals surface area contributed by atoms with Gasteiger partial charge in [0.1, 0.15) is 0 Å². The zero-order valence-corrected chi connectivity index (χ0v) is 6.41. The van der Waals surface area contributed by atoms with Gasteiger partial charge in [0.15, 0.2) is 0 Å². The average Bonchev–Trinajstić information content (AvgIpc) is 2.35. The zero-order chi connectivity index (χ0) is 8.27. The summed E-state index contributed by atoms with van der Waals surface area (Å²) in [4.78, 5) is 10.1. The highest BCUT2D eigenvalue weighted by Gasteiger charge is 2.12. The quantitative estimate of drug-likeness (QED) is 0.704. The van der Waals surface area contributed by atoms with Gasteiger partial charge in [-0.05, 0) is 11.5 Å². The number of hydrogen-bond donors (Lipinski definition) is 2. The molecule has 1 atom stereocenters. The van der Waals surface area contributed by atoms with Crippen molar-refractivity contribution in [2.75, 3.05) is 0 Å². The number of aromatic nitrogens is 1. The lowest BCUT2D eigenvalue weighted by molar-refractivity contribution is -0.139. The number of aliphatic hydroxyl groups is 1. The van der Waals surface area contributed by atoms with Gasteiger partial charge in [0.05, 0.1) is 12.5 Å². The third kappa shape index (κ3) is 2.28. The lowest BCUT2D eigenvalue weighted by Crippen LogP contribution is -2.04. The van der Waals surface area contributed by atoms with Crippen LogP contribution in [0.5, 0.6) is 0 Å². The molecule has 1 aromatic heterocycles. The van der Waals surface area contributed by atoms with E-state index in [1.54, 1.807) is 5.38 Å². The Morgan fingerprint density at radius 1 is 1.82 bits per heavy atom. The van der Waals surface area contributed by atoms with Crippen LogP contribution in [-0.4, -0.2) is 20.6 Å². The molecule has 5 heteroatoms. The van der Waals surface area contributed by atoms with Gasteiger partial charge in [0.2, 0.25) is 0 Å². The molecule has 0 saturated carbocycles. The van der Waals surface area contributed by atoms with E-state index in [4.69, 9.17) is 10.2 Å². The minimum atomic E-state index is -1.01. The molecule has 1 heterocycles. The van der Waals surface area contributed by atoms with Crippen molar-refractivity contribution in [3.8, 4) is 0 Å². The fraction of sp³-hybridized carbons (Fsp3) is 0.333. The van der Waals surface area contributed by atoms with E-state index in [1.807, 2.05) is 0 Å². The normalized spacial score (nSPS) is 12.8. The summed E-state index contributed by atoms with van der Waals surface area (Å²) in [5.74, 6) is -1.01.